The molecule has 0 spiro atoms. The van der Waals surface area contributed by atoms with Gasteiger partial charge < -0.3 is 11.1 Å². The van der Waals surface area contributed by atoms with Crippen molar-refractivity contribution in [2.45, 2.75) is 26.3 Å². The standard InChI is InChI=1S/C11H15FN2/c1-11(2)6-9(11)14-10-7(12)4-3-5-8(10)13/h3-5,9,14H,6,13H2,1-2H3. The summed E-state index contributed by atoms with van der Waals surface area (Å²) >= 11 is 0. The second-order valence-electron chi connectivity index (χ2n) is 4.59. The Hall–Kier alpha value is -1.25. The predicted molar refractivity (Wildman–Crippen MR) is 56.6 cm³/mol. The second kappa shape index (κ2) is 2.87. The zero-order valence-corrected chi connectivity index (χ0v) is 8.47. The smallest absolute Gasteiger partial charge is 0.148 e. The maximum atomic E-state index is 13.3. The maximum absolute atomic E-state index is 13.3. The van der Waals surface area contributed by atoms with Crippen molar-refractivity contribution >= 4 is 11.4 Å². The van der Waals surface area contributed by atoms with Gasteiger partial charge >= 0.3 is 0 Å². The van der Waals surface area contributed by atoms with Gasteiger partial charge in [-0.1, -0.05) is 19.9 Å². The highest BCUT2D eigenvalue weighted by atomic mass is 19.1. The molecule has 1 aromatic rings. The topological polar surface area (TPSA) is 38.0 Å². The lowest BCUT2D eigenvalue weighted by atomic mass is 10.2. The van der Waals surface area contributed by atoms with Crippen LogP contribution in [0.5, 0.6) is 0 Å². The number of para-hydroxylation sites is 1. The molecule has 1 aliphatic rings. The van der Waals surface area contributed by atoms with Crippen molar-refractivity contribution < 1.29 is 4.39 Å². The summed E-state index contributed by atoms with van der Waals surface area (Å²) < 4.78 is 13.3. The Bertz CT molecular complexity index is 340. The third-order valence-corrected chi connectivity index (χ3v) is 2.88. The Morgan fingerprint density at radius 3 is 2.64 bits per heavy atom. The molecule has 1 atom stereocenters. The van der Waals surface area contributed by atoms with E-state index in [1.165, 1.54) is 6.07 Å². The van der Waals surface area contributed by atoms with Crippen molar-refractivity contribution in [1.82, 2.24) is 0 Å². The molecule has 1 saturated carbocycles. The first-order chi connectivity index (χ1) is 6.50. The number of benzene rings is 1. The molecule has 1 aliphatic carbocycles. The van der Waals surface area contributed by atoms with Crippen LogP contribution in [0.4, 0.5) is 15.8 Å². The van der Waals surface area contributed by atoms with Gasteiger partial charge in [0.05, 0.1) is 11.4 Å². The fourth-order valence-electron chi connectivity index (χ4n) is 1.58. The molecule has 14 heavy (non-hydrogen) atoms. The molecule has 0 bridgehead atoms. The van der Waals surface area contributed by atoms with Crippen LogP contribution in [0.2, 0.25) is 0 Å². The van der Waals surface area contributed by atoms with Crippen LogP contribution >= 0.6 is 0 Å². The molecule has 3 N–H and O–H groups in total. The minimum Gasteiger partial charge on any atom is -0.397 e. The highest BCUT2D eigenvalue weighted by Crippen LogP contribution is 2.47. The molecule has 0 aromatic heterocycles. The van der Waals surface area contributed by atoms with Gasteiger partial charge in [-0.25, -0.2) is 4.39 Å². The van der Waals surface area contributed by atoms with Crippen LogP contribution in [-0.4, -0.2) is 6.04 Å². The normalized spacial score (nSPS) is 23.2. The first-order valence-electron chi connectivity index (χ1n) is 4.81. The van der Waals surface area contributed by atoms with E-state index in [9.17, 15) is 4.39 Å². The fraction of sp³-hybridized carbons (Fsp3) is 0.455. The van der Waals surface area contributed by atoms with Crippen molar-refractivity contribution in [3.8, 4) is 0 Å². The average molecular weight is 194 g/mol. The number of anilines is 2. The van der Waals surface area contributed by atoms with Gasteiger partial charge in [0.15, 0.2) is 0 Å². The number of nitrogen functional groups attached to an aromatic ring is 1. The van der Waals surface area contributed by atoms with E-state index >= 15 is 0 Å². The second-order valence-corrected chi connectivity index (χ2v) is 4.59. The van der Waals surface area contributed by atoms with E-state index in [4.69, 9.17) is 5.73 Å². The Labute approximate surface area is 83.3 Å². The first-order valence-corrected chi connectivity index (χ1v) is 4.81. The summed E-state index contributed by atoms with van der Waals surface area (Å²) in [5.41, 5.74) is 6.88. The molecule has 0 heterocycles. The molecule has 0 aliphatic heterocycles. The monoisotopic (exact) mass is 194 g/mol. The van der Waals surface area contributed by atoms with Gasteiger partial charge in [0, 0.05) is 6.04 Å². The summed E-state index contributed by atoms with van der Waals surface area (Å²) in [5, 5.41) is 3.14. The number of halogens is 1. The van der Waals surface area contributed by atoms with Crippen LogP contribution in [0.15, 0.2) is 18.2 Å². The van der Waals surface area contributed by atoms with Gasteiger partial charge in [-0.3, -0.25) is 0 Å². The molecule has 76 valence electrons. The predicted octanol–water partition coefficient (Wildman–Crippen LogP) is 2.62. The molecule has 3 heteroatoms. The lowest BCUT2D eigenvalue weighted by Gasteiger charge is -2.11. The van der Waals surface area contributed by atoms with Crippen molar-refractivity contribution in [3.05, 3.63) is 24.0 Å². The number of hydrogen-bond donors (Lipinski definition) is 2. The summed E-state index contributed by atoms with van der Waals surface area (Å²) in [6, 6.07) is 5.10. The fourth-order valence-corrected chi connectivity index (χ4v) is 1.58. The zero-order chi connectivity index (χ0) is 10.3. The highest BCUT2D eigenvalue weighted by Gasteiger charge is 2.46. The highest BCUT2D eigenvalue weighted by molar-refractivity contribution is 5.67. The van der Waals surface area contributed by atoms with Gasteiger partial charge in [-0.2, -0.15) is 0 Å². The number of nitrogens with one attached hydrogen (secondary N) is 1. The van der Waals surface area contributed by atoms with Gasteiger partial charge in [0.2, 0.25) is 0 Å². The van der Waals surface area contributed by atoms with Crippen LogP contribution in [0.25, 0.3) is 0 Å². The molecule has 0 saturated heterocycles. The lowest BCUT2D eigenvalue weighted by Crippen LogP contribution is -2.11. The molecule has 0 amide bonds. The molecular formula is C11H15FN2. The Morgan fingerprint density at radius 2 is 2.14 bits per heavy atom. The third kappa shape index (κ3) is 1.54. The van der Waals surface area contributed by atoms with Gasteiger partial charge in [-0.15, -0.1) is 0 Å². The van der Waals surface area contributed by atoms with Crippen molar-refractivity contribution in [3.63, 3.8) is 0 Å². The zero-order valence-electron chi connectivity index (χ0n) is 8.47. The van der Waals surface area contributed by atoms with E-state index in [0.717, 1.165) is 6.42 Å². The average Bonchev–Trinajstić information content (AvgIpc) is 2.67. The molecule has 2 rings (SSSR count). The Balaban J connectivity index is 2.17. The number of hydrogen-bond acceptors (Lipinski definition) is 2. The van der Waals surface area contributed by atoms with Crippen molar-refractivity contribution in [1.29, 1.82) is 0 Å². The van der Waals surface area contributed by atoms with Gasteiger partial charge in [0.1, 0.15) is 5.82 Å². The van der Waals surface area contributed by atoms with E-state index in [2.05, 4.69) is 19.2 Å². The summed E-state index contributed by atoms with van der Waals surface area (Å²) in [4.78, 5) is 0. The first kappa shape index (κ1) is 9.31. The minimum atomic E-state index is -0.271. The Kier molecular flexibility index (Phi) is 1.91. The van der Waals surface area contributed by atoms with Crippen molar-refractivity contribution in [2.75, 3.05) is 11.1 Å². The van der Waals surface area contributed by atoms with E-state index in [0.29, 0.717) is 17.4 Å². The van der Waals surface area contributed by atoms with Crippen LogP contribution in [0, 0.1) is 11.2 Å². The van der Waals surface area contributed by atoms with E-state index in [-0.39, 0.29) is 11.2 Å². The molecule has 2 nitrogen and oxygen atoms in total. The number of nitrogens with two attached hydrogens (primary N) is 1. The lowest BCUT2D eigenvalue weighted by molar-refractivity contribution is 0.615. The molecule has 1 aromatic carbocycles. The third-order valence-electron chi connectivity index (χ3n) is 2.88. The summed E-state index contributed by atoms with van der Waals surface area (Å²) in [5.74, 6) is -0.271. The number of rotatable bonds is 2. The quantitative estimate of drug-likeness (QED) is 0.710. The van der Waals surface area contributed by atoms with Crippen molar-refractivity contribution in [2.24, 2.45) is 5.41 Å². The Morgan fingerprint density at radius 1 is 1.50 bits per heavy atom. The molecular weight excluding hydrogens is 179 g/mol. The van der Waals surface area contributed by atoms with E-state index in [1.54, 1.807) is 12.1 Å². The van der Waals surface area contributed by atoms with Crippen LogP contribution in [0.1, 0.15) is 20.3 Å². The maximum Gasteiger partial charge on any atom is 0.148 e. The minimum absolute atomic E-state index is 0.271. The van der Waals surface area contributed by atoms with E-state index in [1.807, 2.05) is 0 Å². The van der Waals surface area contributed by atoms with Gasteiger partial charge in [-0.05, 0) is 24.0 Å². The van der Waals surface area contributed by atoms with Crippen LogP contribution in [-0.2, 0) is 0 Å². The van der Waals surface area contributed by atoms with E-state index < -0.39 is 0 Å². The molecule has 1 fully saturated rings. The molecule has 1 unspecified atom stereocenters. The SMILES string of the molecule is CC1(C)CC1Nc1c(N)cccc1F. The van der Waals surface area contributed by atoms with Crippen LogP contribution < -0.4 is 11.1 Å². The summed E-state index contributed by atoms with van der Waals surface area (Å²) in [7, 11) is 0. The summed E-state index contributed by atoms with van der Waals surface area (Å²) in [6.07, 6.45) is 1.07. The molecule has 0 radical (unpaired) electrons. The summed E-state index contributed by atoms with van der Waals surface area (Å²) in [6.45, 7) is 4.31. The van der Waals surface area contributed by atoms with Gasteiger partial charge in [0.25, 0.3) is 0 Å². The largest absolute Gasteiger partial charge is 0.397 e. The van der Waals surface area contributed by atoms with Crippen LogP contribution in [0.3, 0.4) is 0 Å².